The highest BCUT2D eigenvalue weighted by Gasteiger charge is 2.14. The fraction of sp³-hybridized carbons (Fsp3) is 0.208. The lowest BCUT2D eigenvalue weighted by atomic mass is 10.1. The van der Waals surface area contributed by atoms with Crippen molar-refractivity contribution in [3.05, 3.63) is 76.3 Å². The number of carbonyl (C=O) groups is 1. The molecule has 6 nitrogen and oxygen atoms in total. The molecule has 0 saturated carbocycles. The van der Waals surface area contributed by atoms with E-state index in [9.17, 15) is 4.79 Å². The maximum atomic E-state index is 12.9. The van der Waals surface area contributed by atoms with Gasteiger partial charge in [-0.05, 0) is 61.0 Å². The molecule has 0 spiro atoms. The standard InChI is InChI=1S/C24H24ClNO5/c1-15-11-19(6-8-20(15)25)31-14-17-12-16(5-10-22(17)29-3)24(27)26-21-9-7-18(28-2)13-23(21)30-4/h5-13H,14H2,1-4H3,(H,26,27). The summed E-state index contributed by atoms with van der Waals surface area (Å²) in [6.07, 6.45) is 0. The van der Waals surface area contributed by atoms with Crippen molar-refractivity contribution in [3.63, 3.8) is 0 Å². The van der Waals surface area contributed by atoms with Crippen LogP contribution in [0.1, 0.15) is 21.5 Å². The number of hydrogen-bond donors (Lipinski definition) is 1. The molecule has 162 valence electrons. The normalized spacial score (nSPS) is 10.4. The number of benzene rings is 3. The van der Waals surface area contributed by atoms with Gasteiger partial charge in [-0.3, -0.25) is 4.79 Å². The van der Waals surface area contributed by atoms with Crippen LogP contribution in [0.15, 0.2) is 54.6 Å². The van der Waals surface area contributed by atoms with Crippen LogP contribution in [-0.2, 0) is 6.61 Å². The van der Waals surface area contributed by atoms with Crippen molar-refractivity contribution in [2.75, 3.05) is 26.6 Å². The fourth-order valence-corrected chi connectivity index (χ4v) is 3.11. The van der Waals surface area contributed by atoms with Crippen LogP contribution >= 0.6 is 11.6 Å². The summed E-state index contributed by atoms with van der Waals surface area (Å²) in [6, 6.07) is 15.8. The highest BCUT2D eigenvalue weighted by atomic mass is 35.5. The van der Waals surface area contributed by atoms with Gasteiger partial charge in [0.1, 0.15) is 29.6 Å². The van der Waals surface area contributed by atoms with E-state index in [1.54, 1.807) is 62.8 Å². The smallest absolute Gasteiger partial charge is 0.255 e. The number of anilines is 1. The van der Waals surface area contributed by atoms with Gasteiger partial charge in [-0.25, -0.2) is 0 Å². The Bertz CT molecular complexity index is 1080. The summed E-state index contributed by atoms with van der Waals surface area (Å²) in [5.74, 6) is 2.17. The highest BCUT2D eigenvalue weighted by molar-refractivity contribution is 6.31. The molecule has 0 aliphatic rings. The Labute approximate surface area is 186 Å². The van der Waals surface area contributed by atoms with Crippen LogP contribution in [-0.4, -0.2) is 27.2 Å². The molecule has 0 bridgehead atoms. The Balaban J connectivity index is 1.79. The first-order chi connectivity index (χ1) is 14.9. The van der Waals surface area contributed by atoms with Gasteiger partial charge in [-0.1, -0.05) is 11.6 Å². The average molecular weight is 442 g/mol. The molecule has 0 aromatic heterocycles. The van der Waals surface area contributed by atoms with Crippen molar-refractivity contribution in [3.8, 4) is 23.0 Å². The van der Waals surface area contributed by atoms with Gasteiger partial charge in [0, 0.05) is 22.2 Å². The Morgan fingerprint density at radius 2 is 1.61 bits per heavy atom. The summed E-state index contributed by atoms with van der Waals surface area (Å²) < 4.78 is 21.8. The van der Waals surface area contributed by atoms with E-state index >= 15 is 0 Å². The summed E-state index contributed by atoms with van der Waals surface area (Å²) in [5.41, 5.74) is 2.67. The summed E-state index contributed by atoms with van der Waals surface area (Å²) in [5, 5.41) is 3.54. The fourth-order valence-electron chi connectivity index (χ4n) is 3.00. The number of nitrogens with one attached hydrogen (secondary N) is 1. The minimum atomic E-state index is -0.283. The van der Waals surface area contributed by atoms with Gasteiger partial charge >= 0.3 is 0 Å². The van der Waals surface area contributed by atoms with Crippen LogP contribution < -0.4 is 24.3 Å². The maximum Gasteiger partial charge on any atom is 0.255 e. The Kier molecular flexibility index (Phi) is 7.26. The van der Waals surface area contributed by atoms with Crippen molar-refractivity contribution in [1.82, 2.24) is 0 Å². The van der Waals surface area contributed by atoms with Crippen LogP contribution in [0.4, 0.5) is 5.69 Å². The first kappa shape index (κ1) is 22.3. The van der Waals surface area contributed by atoms with E-state index in [1.165, 1.54) is 7.11 Å². The van der Waals surface area contributed by atoms with Crippen molar-refractivity contribution < 1.29 is 23.7 Å². The lowest BCUT2D eigenvalue weighted by Gasteiger charge is -2.14. The molecule has 3 aromatic carbocycles. The largest absolute Gasteiger partial charge is 0.497 e. The van der Waals surface area contributed by atoms with Crippen molar-refractivity contribution in [2.45, 2.75) is 13.5 Å². The molecule has 0 atom stereocenters. The molecule has 0 heterocycles. The zero-order valence-corrected chi connectivity index (χ0v) is 18.6. The van der Waals surface area contributed by atoms with E-state index in [2.05, 4.69) is 5.32 Å². The predicted molar refractivity (Wildman–Crippen MR) is 121 cm³/mol. The number of rotatable bonds is 8. The second-order valence-corrected chi connectivity index (χ2v) is 7.15. The first-order valence-electron chi connectivity index (χ1n) is 9.54. The monoisotopic (exact) mass is 441 g/mol. The van der Waals surface area contributed by atoms with Gasteiger partial charge in [0.15, 0.2) is 0 Å². The first-order valence-corrected chi connectivity index (χ1v) is 9.92. The molecule has 0 aliphatic carbocycles. The number of carbonyl (C=O) groups excluding carboxylic acids is 1. The number of methoxy groups -OCH3 is 3. The maximum absolute atomic E-state index is 12.9. The number of aryl methyl sites for hydroxylation is 1. The summed E-state index contributed by atoms with van der Waals surface area (Å²) in [6.45, 7) is 2.14. The van der Waals surface area contributed by atoms with E-state index in [1.807, 2.05) is 13.0 Å². The quantitative estimate of drug-likeness (QED) is 0.499. The molecule has 0 aliphatic heterocycles. The topological polar surface area (TPSA) is 66.0 Å². The molecule has 3 aromatic rings. The van der Waals surface area contributed by atoms with Crippen molar-refractivity contribution >= 4 is 23.2 Å². The lowest BCUT2D eigenvalue weighted by molar-refractivity contribution is 0.102. The highest BCUT2D eigenvalue weighted by Crippen LogP contribution is 2.30. The molecule has 0 saturated heterocycles. The molecule has 0 radical (unpaired) electrons. The van der Waals surface area contributed by atoms with Crippen LogP contribution in [0.2, 0.25) is 5.02 Å². The van der Waals surface area contributed by atoms with Crippen LogP contribution in [0.5, 0.6) is 23.0 Å². The molecule has 1 amide bonds. The Hall–Kier alpha value is -3.38. The van der Waals surface area contributed by atoms with Gasteiger partial charge in [0.25, 0.3) is 5.91 Å². The lowest BCUT2D eigenvalue weighted by Crippen LogP contribution is -2.13. The van der Waals surface area contributed by atoms with E-state index in [-0.39, 0.29) is 12.5 Å². The SMILES string of the molecule is COc1ccc(NC(=O)c2ccc(OC)c(COc3ccc(Cl)c(C)c3)c2)c(OC)c1. The third-order valence-electron chi connectivity index (χ3n) is 4.72. The summed E-state index contributed by atoms with van der Waals surface area (Å²) in [4.78, 5) is 12.9. The van der Waals surface area contributed by atoms with E-state index < -0.39 is 0 Å². The second-order valence-electron chi connectivity index (χ2n) is 6.75. The third-order valence-corrected chi connectivity index (χ3v) is 5.15. The van der Waals surface area contributed by atoms with Crippen molar-refractivity contribution in [2.24, 2.45) is 0 Å². The minimum Gasteiger partial charge on any atom is -0.497 e. The zero-order chi connectivity index (χ0) is 22.4. The molecular formula is C24H24ClNO5. The minimum absolute atomic E-state index is 0.233. The number of halogens is 1. The Morgan fingerprint density at radius 1 is 0.871 bits per heavy atom. The van der Waals surface area contributed by atoms with Gasteiger partial charge in [-0.2, -0.15) is 0 Å². The predicted octanol–water partition coefficient (Wildman–Crippen LogP) is 5.51. The van der Waals surface area contributed by atoms with Crippen molar-refractivity contribution in [1.29, 1.82) is 0 Å². The second kappa shape index (κ2) is 10.1. The summed E-state index contributed by atoms with van der Waals surface area (Å²) >= 11 is 6.07. The van der Waals surface area contributed by atoms with Crippen LogP contribution in [0, 0.1) is 6.92 Å². The van der Waals surface area contributed by atoms with E-state index in [0.717, 1.165) is 11.1 Å². The molecule has 0 fully saturated rings. The van der Waals surface area contributed by atoms with Gasteiger partial charge in [0.05, 0.1) is 27.0 Å². The van der Waals surface area contributed by atoms with Crippen LogP contribution in [0.3, 0.4) is 0 Å². The summed E-state index contributed by atoms with van der Waals surface area (Å²) in [7, 11) is 4.68. The number of amides is 1. The average Bonchev–Trinajstić information content (AvgIpc) is 2.79. The zero-order valence-electron chi connectivity index (χ0n) is 17.8. The van der Waals surface area contributed by atoms with E-state index in [0.29, 0.717) is 39.3 Å². The van der Waals surface area contributed by atoms with Gasteiger partial charge in [-0.15, -0.1) is 0 Å². The van der Waals surface area contributed by atoms with Gasteiger partial charge in [0.2, 0.25) is 0 Å². The number of ether oxygens (including phenoxy) is 4. The third kappa shape index (κ3) is 5.41. The molecule has 0 unspecified atom stereocenters. The Morgan fingerprint density at radius 3 is 2.29 bits per heavy atom. The molecule has 31 heavy (non-hydrogen) atoms. The molecular weight excluding hydrogens is 418 g/mol. The molecule has 1 N–H and O–H groups in total. The van der Waals surface area contributed by atoms with Crippen LogP contribution in [0.25, 0.3) is 0 Å². The molecule has 3 rings (SSSR count). The molecule has 7 heteroatoms. The van der Waals surface area contributed by atoms with Gasteiger partial charge < -0.3 is 24.3 Å². The van der Waals surface area contributed by atoms with E-state index in [4.69, 9.17) is 30.5 Å². The number of hydrogen-bond acceptors (Lipinski definition) is 5.